The molecule has 0 spiro atoms. The number of fused-ring (bicyclic) bond motifs is 2. The van der Waals surface area contributed by atoms with E-state index in [-0.39, 0.29) is 0 Å². The number of hydrogen-bond acceptors (Lipinski definition) is 1. The van der Waals surface area contributed by atoms with E-state index in [2.05, 4.69) is 169 Å². The zero-order chi connectivity index (χ0) is 31.6. The zero-order valence-electron chi connectivity index (χ0n) is 26.2. The number of pyridine rings is 1. The van der Waals surface area contributed by atoms with Crippen molar-refractivity contribution in [1.29, 1.82) is 0 Å². The van der Waals surface area contributed by atoms with Gasteiger partial charge in [0.1, 0.15) is 0 Å². The molecule has 10 aromatic rings. The summed E-state index contributed by atoms with van der Waals surface area (Å²) in [7, 11) is 0. The van der Waals surface area contributed by atoms with Crippen molar-refractivity contribution in [2.45, 2.75) is 0 Å². The van der Waals surface area contributed by atoms with Crippen LogP contribution in [-0.4, -0.2) is 4.98 Å². The van der Waals surface area contributed by atoms with E-state index in [0.29, 0.717) is 0 Å². The van der Waals surface area contributed by atoms with E-state index in [1.54, 1.807) is 0 Å². The molecule has 1 nitrogen and oxygen atoms in total. The lowest BCUT2D eigenvalue weighted by Crippen LogP contribution is -1.91. The Morgan fingerprint density at radius 3 is 1.27 bits per heavy atom. The van der Waals surface area contributed by atoms with E-state index in [1.165, 1.54) is 98.4 Å². The summed E-state index contributed by atoms with van der Waals surface area (Å²) in [5, 5.41) is 12.9. The third kappa shape index (κ3) is 4.08. The second kappa shape index (κ2) is 10.6. The molecule has 0 N–H and O–H groups in total. The molecular formula is C47H29N. The standard InChI is InChI=1S/C47H29N/c1-3-10-41-39(8-1)45(40-9-2-4-11-42(40)46(41)37-26-28-48-29-27-37)35-18-14-31(15-19-35)30-12-16-32(17-13-30)38-24-22-36-21-20-33-6-5-7-34-23-25-43(38)47(36)44(33)34/h1-29H. The Morgan fingerprint density at radius 2 is 0.708 bits per heavy atom. The molecule has 1 heterocycles. The van der Waals surface area contributed by atoms with Crippen LogP contribution in [0.3, 0.4) is 0 Å². The van der Waals surface area contributed by atoms with Gasteiger partial charge in [0.05, 0.1) is 0 Å². The summed E-state index contributed by atoms with van der Waals surface area (Å²) in [5.41, 5.74) is 9.87. The van der Waals surface area contributed by atoms with Gasteiger partial charge in [0, 0.05) is 12.4 Å². The van der Waals surface area contributed by atoms with Crippen molar-refractivity contribution in [1.82, 2.24) is 4.98 Å². The first-order valence-electron chi connectivity index (χ1n) is 16.5. The van der Waals surface area contributed by atoms with Gasteiger partial charge in [-0.1, -0.05) is 152 Å². The maximum absolute atomic E-state index is 4.28. The van der Waals surface area contributed by atoms with Gasteiger partial charge in [-0.3, -0.25) is 4.98 Å². The van der Waals surface area contributed by atoms with Gasteiger partial charge in [0.25, 0.3) is 0 Å². The van der Waals surface area contributed by atoms with Gasteiger partial charge < -0.3 is 0 Å². The van der Waals surface area contributed by atoms with E-state index in [1.807, 2.05) is 12.4 Å². The average Bonchev–Trinajstić information content (AvgIpc) is 3.16. The summed E-state index contributed by atoms with van der Waals surface area (Å²) in [5.74, 6) is 0. The van der Waals surface area contributed by atoms with Gasteiger partial charge in [0.15, 0.2) is 0 Å². The summed E-state index contributed by atoms with van der Waals surface area (Å²) < 4.78 is 0. The van der Waals surface area contributed by atoms with E-state index < -0.39 is 0 Å². The smallest absolute Gasteiger partial charge is 0.0273 e. The van der Waals surface area contributed by atoms with Gasteiger partial charge in [-0.25, -0.2) is 0 Å². The maximum atomic E-state index is 4.28. The number of rotatable bonds is 4. The van der Waals surface area contributed by atoms with Crippen molar-refractivity contribution in [3.63, 3.8) is 0 Å². The minimum absolute atomic E-state index is 1.19. The van der Waals surface area contributed by atoms with Gasteiger partial charge in [-0.05, 0) is 111 Å². The van der Waals surface area contributed by atoms with Crippen LogP contribution in [0.1, 0.15) is 0 Å². The second-order valence-corrected chi connectivity index (χ2v) is 12.7. The quantitative estimate of drug-likeness (QED) is 0.143. The van der Waals surface area contributed by atoms with Crippen LogP contribution in [0.5, 0.6) is 0 Å². The van der Waals surface area contributed by atoms with Gasteiger partial charge >= 0.3 is 0 Å². The van der Waals surface area contributed by atoms with Crippen LogP contribution in [-0.2, 0) is 0 Å². The first kappa shape index (κ1) is 26.9. The van der Waals surface area contributed by atoms with Crippen molar-refractivity contribution in [2.75, 3.05) is 0 Å². The molecule has 0 atom stereocenters. The molecule has 0 aliphatic carbocycles. The topological polar surface area (TPSA) is 12.9 Å². The molecule has 9 aromatic carbocycles. The average molecular weight is 608 g/mol. The molecule has 10 rings (SSSR count). The Balaban J connectivity index is 1.05. The van der Waals surface area contributed by atoms with E-state index >= 15 is 0 Å². The largest absolute Gasteiger partial charge is 0.265 e. The molecule has 0 amide bonds. The fraction of sp³-hybridized carbons (Fsp3) is 0. The fourth-order valence-electron chi connectivity index (χ4n) is 7.93. The molecular weight excluding hydrogens is 579 g/mol. The van der Waals surface area contributed by atoms with Crippen LogP contribution in [0.15, 0.2) is 176 Å². The first-order valence-corrected chi connectivity index (χ1v) is 16.5. The highest BCUT2D eigenvalue weighted by Crippen LogP contribution is 2.44. The van der Waals surface area contributed by atoms with Crippen LogP contribution >= 0.6 is 0 Å². The summed E-state index contributed by atoms with van der Waals surface area (Å²) in [6, 6.07) is 60.2. The summed E-state index contributed by atoms with van der Waals surface area (Å²) >= 11 is 0. The molecule has 0 radical (unpaired) electrons. The molecule has 0 fully saturated rings. The van der Waals surface area contributed by atoms with Crippen LogP contribution < -0.4 is 0 Å². The van der Waals surface area contributed by atoms with Crippen molar-refractivity contribution in [3.05, 3.63) is 176 Å². The number of nitrogens with zero attached hydrogens (tertiary/aromatic N) is 1. The fourth-order valence-corrected chi connectivity index (χ4v) is 7.93. The van der Waals surface area contributed by atoms with E-state index in [4.69, 9.17) is 0 Å². The Labute approximate surface area is 278 Å². The molecule has 222 valence electrons. The van der Waals surface area contributed by atoms with Crippen LogP contribution in [0.25, 0.3) is 98.4 Å². The van der Waals surface area contributed by atoms with Gasteiger partial charge in [0.2, 0.25) is 0 Å². The van der Waals surface area contributed by atoms with Crippen LogP contribution in [0.2, 0.25) is 0 Å². The molecule has 1 heteroatoms. The lowest BCUT2D eigenvalue weighted by atomic mass is 9.86. The molecule has 0 bridgehead atoms. The molecule has 1 aromatic heterocycles. The summed E-state index contributed by atoms with van der Waals surface area (Å²) in [6.07, 6.45) is 3.76. The Morgan fingerprint density at radius 1 is 0.271 bits per heavy atom. The van der Waals surface area contributed by atoms with Gasteiger partial charge in [-0.15, -0.1) is 0 Å². The lowest BCUT2D eigenvalue weighted by Gasteiger charge is -2.18. The van der Waals surface area contributed by atoms with Crippen molar-refractivity contribution in [3.8, 4) is 44.5 Å². The highest BCUT2D eigenvalue weighted by molar-refractivity contribution is 6.25. The molecule has 0 saturated heterocycles. The highest BCUT2D eigenvalue weighted by atomic mass is 14.6. The van der Waals surface area contributed by atoms with Crippen LogP contribution in [0.4, 0.5) is 0 Å². The molecule has 0 saturated carbocycles. The third-order valence-corrected chi connectivity index (χ3v) is 10.1. The van der Waals surface area contributed by atoms with E-state index in [9.17, 15) is 0 Å². The molecule has 48 heavy (non-hydrogen) atoms. The van der Waals surface area contributed by atoms with Crippen LogP contribution in [0, 0.1) is 0 Å². The molecule has 0 aliphatic rings. The third-order valence-electron chi connectivity index (χ3n) is 10.1. The SMILES string of the molecule is c1cc2ccc3ccc(-c4ccc(-c5ccc(-c6c7ccccc7c(-c7ccncc7)c7ccccc67)cc5)cc4)c4ccc(c1)c2c34. The predicted molar refractivity (Wildman–Crippen MR) is 205 cm³/mol. The van der Waals surface area contributed by atoms with Crippen molar-refractivity contribution < 1.29 is 0 Å². The number of hydrogen-bond donors (Lipinski definition) is 0. The Kier molecular flexibility index (Phi) is 5.94. The number of aromatic nitrogens is 1. The summed E-state index contributed by atoms with van der Waals surface area (Å²) in [4.78, 5) is 4.28. The lowest BCUT2D eigenvalue weighted by molar-refractivity contribution is 1.33. The van der Waals surface area contributed by atoms with E-state index in [0.717, 1.165) is 0 Å². The number of benzene rings is 9. The zero-order valence-corrected chi connectivity index (χ0v) is 26.2. The van der Waals surface area contributed by atoms with Gasteiger partial charge in [-0.2, -0.15) is 0 Å². The predicted octanol–water partition coefficient (Wildman–Crippen LogP) is 13.0. The minimum atomic E-state index is 1.19. The minimum Gasteiger partial charge on any atom is -0.265 e. The molecule has 0 aliphatic heterocycles. The monoisotopic (exact) mass is 607 g/mol. The first-order chi connectivity index (χ1) is 23.8. The second-order valence-electron chi connectivity index (χ2n) is 12.7. The highest BCUT2D eigenvalue weighted by Gasteiger charge is 2.17. The Hall–Kier alpha value is -6.31. The Bertz CT molecular complexity index is 2720. The van der Waals surface area contributed by atoms with Crippen molar-refractivity contribution in [2.24, 2.45) is 0 Å². The summed E-state index contributed by atoms with van der Waals surface area (Å²) in [6.45, 7) is 0. The normalized spacial score (nSPS) is 11.8. The maximum Gasteiger partial charge on any atom is 0.0273 e. The van der Waals surface area contributed by atoms with Crippen molar-refractivity contribution >= 4 is 53.9 Å². The molecule has 0 unspecified atom stereocenters.